The van der Waals surface area contributed by atoms with Crippen LogP contribution in [0.1, 0.15) is 43.4 Å². The summed E-state index contributed by atoms with van der Waals surface area (Å²) in [5.41, 5.74) is 1.33. The Balaban J connectivity index is 1.64. The molecule has 0 spiro atoms. The Kier molecular flexibility index (Phi) is 4.16. The number of aryl methyl sites for hydroxylation is 1. The predicted octanol–water partition coefficient (Wildman–Crippen LogP) is 1.96. The molecule has 2 aromatic heterocycles. The summed E-state index contributed by atoms with van der Waals surface area (Å²) in [5, 5.41) is 12.1. The molecule has 1 N–H and O–H groups in total. The van der Waals surface area contributed by atoms with E-state index in [1.165, 1.54) is 24.8 Å². The van der Waals surface area contributed by atoms with Crippen molar-refractivity contribution in [2.45, 2.75) is 52.2 Å². The van der Waals surface area contributed by atoms with Crippen LogP contribution in [-0.4, -0.2) is 25.9 Å². The van der Waals surface area contributed by atoms with E-state index >= 15 is 0 Å². The fourth-order valence-electron chi connectivity index (χ4n) is 2.75. The van der Waals surface area contributed by atoms with E-state index < -0.39 is 0 Å². The van der Waals surface area contributed by atoms with E-state index in [0.29, 0.717) is 0 Å². The smallest absolute Gasteiger partial charge is 0.152 e. The maximum Gasteiger partial charge on any atom is 0.152 e. The molecule has 2 aromatic rings. The van der Waals surface area contributed by atoms with Crippen molar-refractivity contribution >= 4 is 0 Å². The van der Waals surface area contributed by atoms with Crippen molar-refractivity contribution in [2.75, 3.05) is 6.54 Å². The molecule has 0 unspecified atom stereocenters. The molecule has 108 valence electrons. The van der Waals surface area contributed by atoms with Gasteiger partial charge in [-0.2, -0.15) is 0 Å². The molecule has 0 aromatic carbocycles. The minimum absolute atomic E-state index is 0.820. The van der Waals surface area contributed by atoms with Crippen LogP contribution in [0.25, 0.3) is 0 Å². The van der Waals surface area contributed by atoms with Crippen molar-refractivity contribution in [2.24, 2.45) is 0 Å². The molecule has 0 aliphatic carbocycles. The number of nitrogens with zero attached hydrogens (tertiary/aromatic N) is 4. The third kappa shape index (κ3) is 2.93. The monoisotopic (exact) mass is 273 g/mol. The van der Waals surface area contributed by atoms with Gasteiger partial charge in [0.15, 0.2) is 5.82 Å². The zero-order valence-electron chi connectivity index (χ0n) is 12.2. The van der Waals surface area contributed by atoms with E-state index in [1.807, 2.05) is 0 Å². The minimum atomic E-state index is 0.820. The fraction of sp³-hybridized carbons (Fsp3) is 0.600. The molecule has 3 rings (SSSR count). The molecule has 0 atom stereocenters. The van der Waals surface area contributed by atoms with Crippen molar-refractivity contribution < 1.29 is 0 Å². The second kappa shape index (κ2) is 6.22. The van der Waals surface area contributed by atoms with Crippen LogP contribution in [0, 0.1) is 0 Å². The summed E-state index contributed by atoms with van der Waals surface area (Å²) < 4.78 is 4.49. The first-order valence-corrected chi connectivity index (χ1v) is 7.63. The van der Waals surface area contributed by atoms with E-state index in [2.05, 4.69) is 50.0 Å². The quantitative estimate of drug-likeness (QED) is 0.819. The average molecular weight is 273 g/mol. The Morgan fingerprint density at radius 3 is 3.15 bits per heavy atom. The molecular formula is C15H23N5. The Hall–Kier alpha value is -1.62. The third-order valence-corrected chi connectivity index (χ3v) is 3.83. The van der Waals surface area contributed by atoms with Gasteiger partial charge < -0.3 is 14.5 Å². The first-order valence-electron chi connectivity index (χ1n) is 7.63. The fourth-order valence-corrected chi connectivity index (χ4v) is 2.75. The predicted molar refractivity (Wildman–Crippen MR) is 78.5 cm³/mol. The van der Waals surface area contributed by atoms with Gasteiger partial charge in [0, 0.05) is 31.9 Å². The van der Waals surface area contributed by atoms with Crippen molar-refractivity contribution in [1.82, 2.24) is 24.6 Å². The van der Waals surface area contributed by atoms with Crippen LogP contribution in [0.5, 0.6) is 0 Å². The molecule has 5 nitrogen and oxygen atoms in total. The van der Waals surface area contributed by atoms with Gasteiger partial charge in [0.25, 0.3) is 0 Å². The Morgan fingerprint density at radius 1 is 1.30 bits per heavy atom. The van der Waals surface area contributed by atoms with E-state index in [4.69, 9.17) is 0 Å². The van der Waals surface area contributed by atoms with Crippen LogP contribution in [0.4, 0.5) is 0 Å². The summed E-state index contributed by atoms with van der Waals surface area (Å²) in [4.78, 5) is 0. The molecule has 0 radical (unpaired) electrons. The Bertz CT molecular complexity index is 554. The van der Waals surface area contributed by atoms with Crippen molar-refractivity contribution in [1.29, 1.82) is 0 Å². The van der Waals surface area contributed by atoms with Gasteiger partial charge in [-0.15, -0.1) is 10.2 Å². The van der Waals surface area contributed by atoms with Crippen LogP contribution in [0.2, 0.25) is 0 Å². The zero-order valence-corrected chi connectivity index (χ0v) is 12.2. The highest BCUT2D eigenvalue weighted by Gasteiger charge is 2.15. The number of rotatable bonds is 6. The molecule has 20 heavy (non-hydrogen) atoms. The second-order valence-corrected chi connectivity index (χ2v) is 5.51. The summed E-state index contributed by atoms with van der Waals surface area (Å²) >= 11 is 0. The largest absolute Gasteiger partial charge is 0.346 e. The zero-order chi connectivity index (χ0) is 13.8. The summed E-state index contributed by atoms with van der Waals surface area (Å²) in [7, 11) is 0. The van der Waals surface area contributed by atoms with Gasteiger partial charge in [0.05, 0.1) is 6.54 Å². The van der Waals surface area contributed by atoms with Gasteiger partial charge >= 0.3 is 0 Å². The van der Waals surface area contributed by atoms with Crippen LogP contribution < -0.4 is 5.32 Å². The maximum absolute atomic E-state index is 4.35. The van der Waals surface area contributed by atoms with Crippen LogP contribution in [0.3, 0.4) is 0 Å². The minimum Gasteiger partial charge on any atom is -0.346 e. The van der Waals surface area contributed by atoms with Gasteiger partial charge in [-0.25, -0.2) is 0 Å². The lowest BCUT2D eigenvalue weighted by Gasteiger charge is -2.14. The normalized spacial score (nSPS) is 14.4. The number of aromatic nitrogens is 4. The summed E-state index contributed by atoms with van der Waals surface area (Å²) in [6.45, 7) is 6.10. The highest BCUT2D eigenvalue weighted by Crippen LogP contribution is 2.15. The van der Waals surface area contributed by atoms with Gasteiger partial charge in [-0.3, -0.25) is 0 Å². The average Bonchev–Trinajstić information content (AvgIpc) is 3.08. The molecule has 1 aliphatic rings. The number of nitrogens with one attached hydrogen (secondary N) is 1. The van der Waals surface area contributed by atoms with E-state index in [-0.39, 0.29) is 0 Å². The summed E-state index contributed by atoms with van der Waals surface area (Å²) in [6, 6.07) is 2.18. The lowest BCUT2D eigenvalue weighted by atomic mass is 10.2. The highest BCUT2D eigenvalue weighted by atomic mass is 15.3. The maximum atomic E-state index is 4.35. The highest BCUT2D eigenvalue weighted by molar-refractivity contribution is 5.11. The first-order chi connectivity index (χ1) is 9.86. The standard InChI is InChI=1S/C15H23N5/c1-2-7-16-10-13-6-9-19(11-13)12-15-18-17-14-5-3-4-8-20(14)15/h6,9,11,16H,2-5,7-8,10,12H2,1H3. The number of hydrogen-bond acceptors (Lipinski definition) is 3. The first kappa shape index (κ1) is 13.4. The second-order valence-electron chi connectivity index (χ2n) is 5.51. The van der Waals surface area contributed by atoms with Gasteiger partial charge in [-0.1, -0.05) is 6.92 Å². The molecule has 3 heterocycles. The van der Waals surface area contributed by atoms with Crippen molar-refractivity contribution in [3.8, 4) is 0 Å². The Morgan fingerprint density at radius 2 is 2.25 bits per heavy atom. The van der Waals surface area contributed by atoms with Crippen LogP contribution in [-0.2, 0) is 26.1 Å². The molecule has 1 aliphatic heterocycles. The van der Waals surface area contributed by atoms with Gasteiger partial charge in [-0.05, 0) is 37.4 Å². The number of hydrogen-bond donors (Lipinski definition) is 1. The third-order valence-electron chi connectivity index (χ3n) is 3.83. The molecule has 5 heteroatoms. The van der Waals surface area contributed by atoms with Gasteiger partial charge in [0.2, 0.25) is 0 Å². The molecule has 0 amide bonds. The topological polar surface area (TPSA) is 47.7 Å². The SMILES string of the molecule is CCCNCc1ccn(Cc2nnc3n2CCCC3)c1. The van der Waals surface area contributed by atoms with Crippen LogP contribution >= 0.6 is 0 Å². The van der Waals surface area contributed by atoms with Crippen molar-refractivity contribution in [3.63, 3.8) is 0 Å². The lowest BCUT2D eigenvalue weighted by molar-refractivity contribution is 0.502. The summed E-state index contributed by atoms with van der Waals surface area (Å²) in [5.74, 6) is 2.24. The molecule has 0 fully saturated rings. The molecule has 0 bridgehead atoms. The van der Waals surface area contributed by atoms with E-state index in [0.717, 1.165) is 44.2 Å². The Labute approximate surface area is 120 Å². The van der Waals surface area contributed by atoms with E-state index in [1.54, 1.807) is 0 Å². The summed E-state index contributed by atoms with van der Waals surface area (Å²) in [6.07, 6.45) is 9.07. The van der Waals surface area contributed by atoms with E-state index in [9.17, 15) is 0 Å². The van der Waals surface area contributed by atoms with Crippen molar-refractivity contribution in [3.05, 3.63) is 35.7 Å². The van der Waals surface area contributed by atoms with Gasteiger partial charge in [0.1, 0.15) is 5.82 Å². The molecule has 0 saturated carbocycles. The molecule has 0 saturated heterocycles. The van der Waals surface area contributed by atoms with Crippen LogP contribution in [0.15, 0.2) is 18.5 Å². The molecular weight excluding hydrogens is 250 g/mol. The number of fused-ring (bicyclic) bond motifs is 1. The lowest BCUT2D eigenvalue weighted by Crippen LogP contribution is -2.15.